The summed E-state index contributed by atoms with van der Waals surface area (Å²) in [6, 6.07) is 15.2. The van der Waals surface area contributed by atoms with Gasteiger partial charge in [0.05, 0.1) is 12.2 Å². The van der Waals surface area contributed by atoms with Gasteiger partial charge in [-0.3, -0.25) is 9.69 Å². The molecule has 0 fully saturated rings. The lowest BCUT2D eigenvalue weighted by atomic mass is 10.1. The Bertz CT molecular complexity index is 922. The predicted molar refractivity (Wildman–Crippen MR) is 96.1 cm³/mol. The molecule has 126 valence electrons. The van der Waals surface area contributed by atoms with Crippen LogP contribution in [0.2, 0.25) is 5.02 Å². The average Bonchev–Trinajstić information content (AvgIpc) is 2.98. The summed E-state index contributed by atoms with van der Waals surface area (Å²) in [7, 11) is 0. The van der Waals surface area contributed by atoms with Crippen molar-refractivity contribution >= 4 is 23.2 Å². The van der Waals surface area contributed by atoms with Gasteiger partial charge in [0.25, 0.3) is 0 Å². The van der Waals surface area contributed by atoms with Crippen molar-refractivity contribution in [1.29, 1.82) is 0 Å². The Labute approximate surface area is 150 Å². The fourth-order valence-corrected chi connectivity index (χ4v) is 3.13. The number of benzene rings is 2. The van der Waals surface area contributed by atoms with Gasteiger partial charge in [0, 0.05) is 29.4 Å². The zero-order valence-electron chi connectivity index (χ0n) is 13.4. The van der Waals surface area contributed by atoms with Crippen LogP contribution in [-0.4, -0.2) is 22.3 Å². The smallest absolute Gasteiger partial charge is 0.238 e. The second kappa shape index (κ2) is 6.70. The number of oxazole rings is 1. The Kier molecular flexibility index (Phi) is 4.26. The van der Waals surface area contributed by atoms with E-state index in [0.717, 1.165) is 22.5 Å². The van der Waals surface area contributed by atoms with Crippen molar-refractivity contribution in [3.63, 3.8) is 0 Å². The van der Waals surface area contributed by atoms with Crippen molar-refractivity contribution in [1.82, 2.24) is 9.88 Å². The monoisotopic (exact) mass is 353 g/mol. The Morgan fingerprint density at radius 1 is 1.16 bits per heavy atom. The van der Waals surface area contributed by atoms with Gasteiger partial charge < -0.3 is 9.73 Å². The Balaban J connectivity index is 1.53. The molecule has 0 spiro atoms. The van der Waals surface area contributed by atoms with E-state index in [9.17, 15) is 4.79 Å². The molecule has 2 aromatic carbocycles. The van der Waals surface area contributed by atoms with Crippen molar-refractivity contribution < 1.29 is 9.21 Å². The molecule has 1 N–H and O–H groups in total. The molecule has 0 radical (unpaired) electrons. The lowest BCUT2D eigenvalue weighted by Gasteiger charge is -2.17. The van der Waals surface area contributed by atoms with E-state index >= 15 is 0 Å². The number of nitrogens with one attached hydrogen (secondary N) is 1. The summed E-state index contributed by atoms with van der Waals surface area (Å²) in [5, 5.41) is 3.57. The van der Waals surface area contributed by atoms with Crippen LogP contribution in [0.15, 0.2) is 59.2 Å². The highest BCUT2D eigenvalue weighted by Crippen LogP contribution is 2.24. The van der Waals surface area contributed by atoms with Crippen molar-refractivity contribution in [3.05, 3.63) is 71.1 Å². The number of anilines is 1. The summed E-state index contributed by atoms with van der Waals surface area (Å²) in [6.45, 7) is 1.52. The van der Waals surface area contributed by atoms with Crippen LogP contribution in [-0.2, 0) is 17.9 Å². The van der Waals surface area contributed by atoms with Crippen LogP contribution in [0.5, 0.6) is 0 Å². The van der Waals surface area contributed by atoms with E-state index in [1.807, 2.05) is 53.4 Å². The van der Waals surface area contributed by atoms with Gasteiger partial charge in [0.2, 0.25) is 11.8 Å². The number of carbonyl (C=O) groups is 1. The van der Waals surface area contributed by atoms with Crippen molar-refractivity contribution in [2.24, 2.45) is 0 Å². The van der Waals surface area contributed by atoms with Crippen LogP contribution in [0.1, 0.15) is 11.3 Å². The molecular formula is C19H16ClN3O2. The van der Waals surface area contributed by atoms with Crippen LogP contribution in [0.25, 0.3) is 11.5 Å². The molecule has 0 saturated carbocycles. The van der Waals surface area contributed by atoms with E-state index in [4.69, 9.17) is 16.0 Å². The summed E-state index contributed by atoms with van der Waals surface area (Å²) >= 11 is 6.02. The second-order valence-corrected chi connectivity index (χ2v) is 6.44. The molecule has 0 unspecified atom stereocenters. The molecule has 3 aromatic rings. The zero-order valence-corrected chi connectivity index (χ0v) is 14.2. The van der Waals surface area contributed by atoms with Crippen LogP contribution in [0, 0.1) is 0 Å². The highest BCUT2D eigenvalue weighted by atomic mass is 35.5. The molecule has 6 heteroatoms. The van der Waals surface area contributed by atoms with Gasteiger partial charge in [0.15, 0.2) is 0 Å². The molecule has 4 rings (SSSR count). The van der Waals surface area contributed by atoms with E-state index in [2.05, 4.69) is 10.3 Å². The van der Waals surface area contributed by atoms with Crippen molar-refractivity contribution in [2.75, 3.05) is 11.9 Å². The van der Waals surface area contributed by atoms with Crippen LogP contribution >= 0.6 is 11.6 Å². The number of hydrogen-bond acceptors (Lipinski definition) is 4. The summed E-state index contributed by atoms with van der Waals surface area (Å²) in [4.78, 5) is 18.7. The third kappa shape index (κ3) is 3.57. The highest BCUT2D eigenvalue weighted by Gasteiger charge is 2.20. The molecule has 25 heavy (non-hydrogen) atoms. The molecule has 1 aliphatic heterocycles. The molecule has 0 aliphatic carbocycles. The van der Waals surface area contributed by atoms with E-state index in [0.29, 0.717) is 30.5 Å². The van der Waals surface area contributed by atoms with Gasteiger partial charge in [-0.05, 0) is 29.8 Å². The summed E-state index contributed by atoms with van der Waals surface area (Å²) in [5.41, 5.74) is 3.57. The molecule has 2 heterocycles. The maximum atomic E-state index is 12.1. The van der Waals surface area contributed by atoms with Gasteiger partial charge >= 0.3 is 0 Å². The highest BCUT2D eigenvalue weighted by molar-refractivity contribution is 6.30. The van der Waals surface area contributed by atoms with E-state index < -0.39 is 0 Å². The van der Waals surface area contributed by atoms with Gasteiger partial charge in [-0.25, -0.2) is 4.98 Å². The number of amides is 1. The maximum absolute atomic E-state index is 12.1. The topological polar surface area (TPSA) is 58.4 Å². The van der Waals surface area contributed by atoms with Gasteiger partial charge in [0.1, 0.15) is 6.26 Å². The fourth-order valence-electron chi connectivity index (χ4n) is 2.94. The minimum absolute atomic E-state index is 0.0245. The molecule has 1 amide bonds. The Morgan fingerprint density at radius 2 is 2.04 bits per heavy atom. The average molecular weight is 354 g/mol. The maximum Gasteiger partial charge on any atom is 0.238 e. The van der Waals surface area contributed by atoms with Crippen LogP contribution in [0.3, 0.4) is 0 Å². The molecular weight excluding hydrogens is 338 g/mol. The summed E-state index contributed by atoms with van der Waals surface area (Å²) in [6.07, 6.45) is 1.63. The van der Waals surface area contributed by atoms with Crippen molar-refractivity contribution in [2.45, 2.75) is 13.1 Å². The summed E-state index contributed by atoms with van der Waals surface area (Å²) < 4.78 is 5.58. The van der Waals surface area contributed by atoms with Gasteiger partial charge in [-0.15, -0.1) is 0 Å². The molecule has 0 atom stereocenters. The number of aromatic nitrogens is 1. The number of rotatable bonds is 3. The quantitative estimate of drug-likeness (QED) is 0.774. The minimum Gasteiger partial charge on any atom is -0.444 e. The van der Waals surface area contributed by atoms with Gasteiger partial charge in [-0.1, -0.05) is 35.9 Å². The standard InChI is InChI=1S/C19H16ClN3O2/c20-15-6-3-5-13(8-15)19-21-16(12-25-19)10-23-9-14-4-1-2-7-17(14)22-18(24)11-23/h1-8,12H,9-11H2,(H,22,24). The van der Waals surface area contributed by atoms with E-state index in [1.54, 1.807) is 6.26 Å². The number of hydrogen-bond donors (Lipinski definition) is 1. The largest absolute Gasteiger partial charge is 0.444 e. The zero-order chi connectivity index (χ0) is 17.2. The third-order valence-electron chi connectivity index (χ3n) is 4.06. The number of carbonyl (C=O) groups excluding carboxylic acids is 1. The first-order valence-electron chi connectivity index (χ1n) is 7.98. The first-order chi connectivity index (χ1) is 12.2. The first-order valence-corrected chi connectivity index (χ1v) is 8.35. The fraction of sp³-hybridized carbons (Fsp3) is 0.158. The number of halogens is 1. The molecule has 5 nitrogen and oxygen atoms in total. The van der Waals surface area contributed by atoms with E-state index in [-0.39, 0.29) is 5.91 Å². The second-order valence-electron chi connectivity index (χ2n) is 6.00. The first kappa shape index (κ1) is 15.9. The molecule has 1 aromatic heterocycles. The van der Waals surface area contributed by atoms with Gasteiger partial charge in [-0.2, -0.15) is 0 Å². The lowest BCUT2D eigenvalue weighted by molar-refractivity contribution is -0.117. The molecule has 0 bridgehead atoms. The normalized spacial score (nSPS) is 14.7. The van der Waals surface area contributed by atoms with E-state index in [1.165, 1.54) is 0 Å². The third-order valence-corrected chi connectivity index (χ3v) is 4.30. The van der Waals surface area contributed by atoms with Crippen molar-refractivity contribution in [3.8, 4) is 11.5 Å². The number of fused-ring (bicyclic) bond motifs is 1. The van der Waals surface area contributed by atoms with Crippen LogP contribution in [0.4, 0.5) is 5.69 Å². The minimum atomic E-state index is -0.0245. The lowest BCUT2D eigenvalue weighted by Crippen LogP contribution is -2.29. The molecule has 0 saturated heterocycles. The summed E-state index contributed by atoms with van der Waals surface area (Å²) in [5.74, 6) is 0.501. The SMILES string of the molecule is O=C1CN(Cc2coc(-c3cccc(Cl)c3)n2)Cc2ccccc2N1. The van der Waals surface area contributed by atoms with Crippen LogP contribution < -0.4 is 5.32 Å². The predicted octanol–water partition coefficient (Wildman–Crippen LogP) is 3.95. The number of para-hydroxylation sites is 1. The Morgan fingerprint density at radius 3 is 2.92 bits per heavy atom. The molecule has 1 aliphatic rings. The Hall–Kier alpha value is -2.63. The number of nitrogens with zero attached hydrogens (tertiary/aromatic N) is 2.